The maximum absolute atomic E-state index is 12.6. The highest BCUT2D eigenvalue weighted by molar-refractivity contribution is 6.04. The number of nitrogens with one attached hydrogen (secondary N) is 1. The van der Waals surface area contributed by atoms with E-state index in [4.69, 9.17) is 9.47 Å². The summed E-state index contributed by atoms with van der Waals surface area (Å²) in [5.74, 6) is -0.295. The highest BCUT2D eigenvalue weighted by Gasteiger charge is 2.15. The van der Waals surface area contributed by atoms with Gasteiger partial charge in [0.15, 0.2) is 6.61 Å². The van der Waals surface area contributed by atoms with Crippen LogP contribution in [0.5, 0.6) is 5.75 Å². The largest absolute Gasteiger partial charge is 0.489 e. The van der Waals surface area contributed by atoms with E-state index in [0.717, 1.165) is 5.56 Å². The second kappa shape index (κ2) is 9.75. The molecule has 0 saturated carbocycles. The topological polar surface area (TPSA) is 77.5 Å². The van der Waals surface area contributed by atoms with Gasteiger partial charge in [0.25, 0.3) is 5.91 Å². The summed E-state index contributed by atoms with van der Waals surface area (Å²) < 4.78 is 11.0. The number of nitrogens with zero attached hydrogens (tertiary/aromatic N) is 1. The zero-order valence-corrected chi connectivity index (χ0v) is 17.6. The van der Waals surface area contributed by atoms with E-state index in [-0.39, 0.29) is 6.61 Å². The molecule has 1 aromatic heterocycles. The first-order valence-electron chi connectivity index (χ1n) is 10.2. The molecule has 0 atom stereocenters. The van der Waals surface area contributed by atoms with Crippen LogP contribution in [-0.4, -0.2) is 23.5 Å². The Labute approximate surface area is 185 Å². The highest BCUT2D eigenvalue weighted by Crippen LogP contribution is 2.20. The van der Waals surface area contributed by atoms with E-state index in [1.165, 1.54) is 0 Å². The average Bonchev–Trinajstić information content (AvgIpc) is 2.82. The molecule has 1 amide bonds. The summed E-state index contributed by atoms with van der Waals surface area (Å²) in [6, 6.07) is 25.9. The molecule has 0 aliphatic carbocycles. The zero-order chi connectivity index (χ0) is 22.3. The first kappa shape index (κ1) is 21.1. The molecule has 4 rings (SSSR count). The van der Waals surface area contributed by atoms with Gasteiger partial charge in [0.05, 0.1) is 11.1 Å². The Hall–Kier alpha value is -4.19. The van der Waals surface area contributed by atoms with Crippen molar-refractivity contribution in [3.63, 3.8) is 0 Å². The van der Waals surface area contributed by atoms with E-state index in [1.807, 2.05) is 55.5 Å². The molecular formula is C26H22N2O4. The summed E-state index contributed by atoms with van der Waals surface area (Å²) in [4.78, 5) is 29.2. The van der Waals surface area contributed by atoms with Gasteiger partial charge in [-0.25, -0.2) is 4.79 Å². The molecule has 0 spiro atoms. The summed E-state index contributed by atoms with van der Waals surface area (Å²) in [6.07, 6.45) is 0. The molecule has 6 nitrogen and oxygen atoms in total. The third kappa shape index (κ3) is 5.29. The quantitative estimate of drug-likeness (QED) is 0.425. The number of anilines is 1. The fourth-order valence-electron chi connectivity index (χ4n) is 3.26. The minimum Gasteiger partial charge on any atom is -0.489 e. The lowest BCUT2D eigenvalue weighted by atomic mass is 10.1. The lowest BCUT2D eigenvalue weighted by molar-refractivity contribution is -0.119. The molecule has 0 aliphatic heterocycles. The minimum absolute atomic E-state index is 0.388. The van der Waals surface area contributed by atoms with E-state index in [1.54, 1.807) is 36.4 Å². The Kier molecular flexibility index (Phi) is 6.41. The van der Waals surface area contributed by atoms with Crippen molar-refractivity contribution in [1.29, 1.82) is 0 Å². The third-order valence-electron chi connectivity index (χ3n) is 4.78. The maximum Gasteiger partial charge on any atom is 0.339 e. The summed E-state index contributed by atoms with van der Waals surface area (Å²) in [5.41, 5.74) is 3.46. The SMILES string of the molecule is Cc1cc(C(=O)OCC(=O)Nc2ccc(OCc3ccccc3)cc2)c2ccccc2n1. The number of ether oxygens (including phenoxy) is 2. The summed E-state index contributed by atoms with van der Waals surface area (Å²) in [6.45, 7) is 1.88. The lowest BCUT2D eigenvalue weighted by Crippen LogP contribution is -2.21. The minimum atomic E-state index is -0.563. The molecular weight excluding hydrogens is 404 g/mol. The number of carbonyl (C=O) groups excluding carboxylic acids is 2. The number of hydrogen-bond donors (Lipinski definition) is 1. The number of hydrogen-bond acceptors (Lipinski definition) is 5. The molecule has 6 heteroatoms. The molecule has 0 radical (unpaired) electrons. The van der Waals surface area contributed by atoms with Gasteiger partial charge in [0, 0.05) is 16.8 Å². The Bertz CT molecular complexity index is 1240. The molecule has 1 N–H and O–H groups in total. The molecule has 160 valence electrons. The van der Waals surface area contributed by atoms with Crippen LogP contribution in [0.2, 0.25) is 0 Å². The first-order chi connectivity index (χ1) is 15.6. The zero-order valence-electron chi connectivity index (χ0n) is 17.6. The summed E-state index contributed by atoms with van der Waals surface area (Å²) >= 11 is 0. The van der Waals surface area contributed by atoms with E-state index < -0.39 is 11.9 Å². The van der Waals surface area contributed by atoms with Crippen LogP contribution >= 0.6 is 0 Å². The average molecular weight is 426 g/mol. The van der Waals surface area contributed by atoms with Crippen molar-refractivity contribution >= 4 is 28.5 Å². The Morgan fingerprint density at radius 3 is 2.41 bits per heavy atom. The van der Waals surface area contributed by atoms with Gasteiger partial charge >= 0.3 is 5.97 Å². The normalized spacial score (nSPS) is 10.5. The molecule has 0 aliphatic rings. The Morgan fingerprint density at radius 1 is 0.906 bits per heavy atom. The van der Waals surface area contributed by atoms with Crippen molar-refractivity contribution in [3.8, 4) is 5.75 Å². The van der Waals surface area contributed by atoms with Crippen LogP contribution in [0.3, 0.4) is 0 Å². The summed E-state index contributed by atoms with van der Waals surface area (Å²) in [7, 11) is 0. The molecule has 32 heavy (non-hydrogen) atoms. The van der Waals surface area contributed by atoms with Crippen molar-refractivity contribution in [1.82, 2.24) is 4.98 Å². The number of aromatic nitrogens is 1. The van der Waals surface area contributed by atoms with Crippen molar-refractivity contribution in [3.05, 3.63) is 102 Å². The second-order valence-corrected chi connectivity index (χ2v) is 7.25. The first-order valence-corrected chi connectivity index (χ1v) is 10.2. The number of amides is 1. The second-order valence-electron chi connectivity index (χ2n) is 7.25. The van der Waals surface area contributed by atoms with E-state index in [0.29, 0.717) is 40.2 Å². The fraction of sp³-hybridized carbons (Fsp3) is 0.115. The van der Waals surface area contributed by atoms with E-state index in [2.05, 4.69) is 10.3 Å². The van der Waals surface area contributed by atoms with Crippen molar-refractivity contribution in [2.75, 3.05) is 11.9 Å². The molecule has 0 unspecified atom stereocenters. The van der Waals surface area contributed by atoms with Gasteiger partial charge in [0.1, 0.15) is 12.4 Å². The van der Waals surface area contributed by atoms with Gasteiger partial charge in [-0.1, -0.05) is 48.5 Å². The maximum atomic E-state index is 12.6. The number of aryl methyl sites for hydroxylation is 1. The standard InChI is InChI=1S/C26H22N2O4/c1-18-15-23(22-9-5-6-10-24(22)27-18)26(30)32-17-25(29)28-20-11-13-21(14-12-20)31-16-19-7-3-2-4-8-19/h2-15H,16-17H2,1H3,(H,28,29). The lowest BCUT2D eigenvalue weighted by Gasteiger charge is -2.10. The van der Waals surface area contributed by atoms with Crippen LogP contribution in [0.15, 0.2) is 84.9 Å². The number of para-hydroxylation sites is 1. The van der Waals surface area contributed by atoms with E-state index in [9.17, 15) is 9.59 Å². The molecule has 0 saturated heterocycles. The third-order valence-corrected chi connectivity index (χ3v) is 4.78. The monoisotopic (exact) mass is 426 g/mol. The fourth-order valence-corrected chi connectivity index (χ4v) is 3.26. The van der Waals surface area contributed by atoms with Crippen LogP contribution in [0.1, 0.15) is 21.6 Å². The van der Waals surface area contributed by atoms with Crippen LogP contribution < -0.4 is 10.1 Å². The van der Waals surface area contributed by atoms with Crippen molar-refractivity contribution in [2.45, 2.75) is 13.5 Å². The number of fused-ring (bicyclic) bond motifs is 1. The van der Waals surface area contributed by atoms with Gasteiger partial charge in [-0.2, -0.15) is 0 Å². The van der Waals surface area contributed by atoms with Crippen molar-refractivity contribution in [2.24, 2.45) is 0 Å². The van der Waals surface area contributed by atoms with Gasteiger partial charge in [0.2, 0.25) is 0 Å². The number of esters is 1. The van der Waals surface area contributed by atoms with Gasteiger partial charge in [-0.05, 0) is 48.9 Å². The highest BCUT2D eigenvalue weighted by atomic mass is 16.5. The van der Waals surface area contributed by atoms with Crippen LogP contribution in [0.4, 0.5) is 5.69 Å². The van der Waals surface area contributed by atoms with Crippen LogP contribution in [0, 0.1) is 6.92 Å². The number of benzene rings is 3. The number of carbonyl (C=O) groups is 2. The predicted molar refractivity (Wildman–Crippen MR) is 123 cm³/mol. The molecule has 1 heterocycles. The predicted octanol–water partition coefficient (Wildman–Crippen LogP) is 4.92. The Balaban J connectivity index is 1.31. The molecule has 4 aromatic rings. The van der Waals surface area contributed by atoms with Gasteiger partial charge in [-0.3, -0.25) is 9.78 Å². The summed E-state index contributed by atoms with van der Waals surface area (Å²) in [5, 5.41) is 3.40. The smallest absolute Gasteiger partial charge is 0.339 e. The number of pyridine rings is 1. The number of rotatable bonds is 7. The molecule has 0 bridgehead atoms. The van der Waals surface area contributed by atoms with Crippen LogP contribution in [-0.2, 0) is 16.1 Å². The molecule has 0 fully saturated rings. The van der Waals surface area contributed by atoms with Gasteiger partial charge < -0.3 is 14.8 Å². The van der Waals surface area contributed by atoms with Gasteiger partial charge in [-0.15, -0.1) is 0 Å². The Morgan fingerprint density at radius 2 is 1.62 bits per heavy atom. The van der Waals surface area contributed by atoms with E-state index >= 15 is 0 Å². The molecule has 3 aromatic carbocycles. The van der Waals surface area contributed by atoms with Crippen LogP contribution in [0.25, 0.3) is 10.9 Å². The van der Waals surface area contributed by atoms with Crippen molar-refractivity contribution < 1.29 is 19.1 Å².